The number of imidazole rings is 1. The number of pyridine rings is 1. The van der Waals surface area contributed by atoms with Crippen LogP contribution in [0.5, 0.6) is 0 Å². The van der Waals surface area contributed by atoms with Gasteiger partial charge in [0.1, 0.15) is 17.5 Å². The Labute approximate surface area is 125 Å². The van der Waals surface area contributed by atoms with Gasteiger partial charge in [-0.1, -0.05) is 0 Å². The molecule has 0 radical (unpaired) electrons. The third kappa shape index (κ3) is 1.99. The molecule has 2 atom stereocenters. The van der Waals surface area contributed by atoms with Gasteiger partial charge in [-0.2, -0.15) is 0 Å². The fourth-order valence-corrected chi connectivity index (χ4v) is 3.19. The highest BCUT2D eigenvalue weighted by molar-refractivity contribution is 5.71. The third-order valence-corrected chi connectivity index (χ3v) is 4.27. The van der Waals surface area contributed by atoms with Crippen molar-refractivity contribution < 1.29 is 8.78 Å². The number of aromatic nitrogens is 3. The Morgan fingerprint density at radius 1 is 1.23 bits per heavy atom. The molecular formula is C16H14F2N4. The molecule has 0 unspecified atom stereocenters. The second kappa shape index (κ2) is 4.84. The van der Waals surface area contributed by atoms with Crippen LogP contribution in [0, 0.1) is 11.6 Å². The van der Waals surface area contributed by atoms with Crippen molar-refractivity contribution in [3.8, 4) is 0 Å². The summed E-state index contributed by atoms with van der Waals surface area (Å²) in [5, 5.41) is 0. The average Bonchev–Trinajstić information content (AvgIpc) is 2.87. The molecular weight excluding hydrogens is 286 g/mol. The van der Waals surface area contributed by atoms with E-state index in [1.165, 1.54) is 6.07 Å². The molecule has 112 valence electrons. The number of halogens is 2. The Kier molecular flexibility index (Phi) is 2.94. The third-order valence-electron chi connectivity index (χ3n) is 4.27. The van der Waals surface area contributed by atoms with Crippen LogP contribution in [0.15, 0.2) is 36.5 Å². The van der Waals surface area contributed by atoms with E-state index in [1.54, 1.807) is 6.20 Å². The number of nitrogens with zero attached hydrogens (tertiary/aromatic N) is 3. The van der Waals surface area contributed by atoms with E-state index in [4.69, 9.17) is 5.73 Å². The van der Waals surface area contributed by atoms with E-state index in [-0.39, 0.29) is 12.0 Å². The summed E-state index contributed by atoms with van der Waals surface area (Å²) in [6.45, 7) is 0.512. The van der Waals surface area contributed by atoms with E-state index >= 15 is 0 Å². The predicted molar refractivity (Wildman–Crippen MR) is 78.3 cm³/mol. The van der Waals surface area contributed by atoms with Gasteiger partial charge in [-0.15, -0.1) is 0 Å². The number of rotatable bonds is 1. The second-order valence-corrected chi connectivity index (χ2v) is 5.63. The highest BCUT2D eigenvalue weighted by atomic mass is 19.1. The van der Waals surface area contributed by atoms with Crippen molar-refractivity contribution in [2.24, 2.45) is 5.73 Å². The van der Waals surface area contributed by atoms with Crippen LogP contribution in [0.2, 0.25) is 0 Å². The molecule has 0 saturated heterocycles. The maximum atomic E-state index is 14.0. The van der Waals surface area contributed by atoms with Gasteiger partial charge in [-0.3, -0.25) is 0 Å². The number of hydrogen-bond donors (Lipinski definition) is 1. The SMILES string of the molecule is N[C@H]1Cn2c(nc3ncccc32)C[C@@H]1c1cc(F)ccc1F. The van der Waals surface area contributed by atoms with Crippen LogP contribution in [-0.4, -0.2) is 20.6 Å². The molecule has 0 bridgehead atoms. The molecule has 3 heterocycles. The number of hydrogen-bond acceptors (Lipinski definition) is 3. The minimum absolute atomic E-state index is 0.292. The van der Waals surface area contributed by atoms with Crippen LogP contribution in [0.25, 0.3) is 11.2 Å². The smallest absolute Gasteiger partial charge is 0.177 e. The van der Waals surface area contributed by atoms with Crippen molar-refractivity contribution in [2.75, 3.05) is 0 Å². The second-order valence-electron chi connectivity index (χ2n) is 5.63. The Morgan fingerprint density at radius 3 is 2.95 bits per heavy atom. The first kappa shape index (κ1) is 13.3. The summed E-state index contributed by atoms with van der Waals surface area (Å²) >= 11 is 0. The molecule has 4 rings (SSSR count). The highest BCUT2D eigenvalue weighted by Gasteiger charge is 2.31. The quantitative estimate of drug-likeness (QED) is 0.750. The van der Waals surface area contributed by atoms with E-state index in [9.17, 15) is 8.78 Å². The molecule has 4 nitrogen and oxygen atoms in total. The highest BCUT2D eigenvalue weighted by Crippen LogP contribution is 2.32. The molecule has 0 spiro atoms. The molecule has 6 heteroatoms. The van der Waals surface area contributed by atoms with Crippen LogP contribution in [0.3, 0.4) is 0 Å². The van der Waals surface area contributed by atoms with Gasteiger partial charge in [0, 0.05) is 31.1 Å². The molecule has 1 aliphatic heterocycles. The van der Waals surface area contributed by atoms with Gasteiger partial charge >= 0.3 is 0 Å². The zero-order chi connectivity index (χ0) is 15.3. The van der Waals surface area contributed by atoms with Gasteiger partial charge in [0.05, 0.1) is 5.52 Å². The molecule has 2 N–H and O–H groups in total. The fourth-order valence-electron chi connectivity index (χ4n) is 3.19. The summed E-state index contributed by atoms with van der Waals surface area (Å²) in [5.74, 6) is -0.363. The predicted octanol–water partition coefficient (Wildman–Crippen LogP) is 2.38. The van der Waals surface area contributed by atoms with Crippen LogP contribution in [0.1, 0.15) is 17.3 Å². The zero-order valence-electron chi connectivity index (χ0n) is 11.7. The van der Waals surface area contributed by atoms with E-state index in [0.717, 1.165) is 23.5 Å². The summed E-state index contributed by atoms with van der Waals surface area (Å²) < 4.78 is 29.5. The van der Waals surface area contributed by atoms with Crippen molar-refractivity contribution in [2.45, 2.75) is 24.9 Å². The van der Waals surface area contributed by atoms with Crippen molar-refractivity contribution >= 4 is 11.2 Å². The number of fused-ring (bicyclic) bond motifs is 3. The van der Waals surface area contributed by atoms with Gasteiger partial charge in [0.15, 0.2) is 5.65 Å². The maximum absolute atomic E-state index is 14.0. The molecule has 0 saturated carbocycles. The first-order chi connectivity index (χ1) is 10.6. The topological polar surface area (TPSA) is 56.7 Å². The van der Waals surface area contributed by atoms with Crippen molar-refractivity contribution in [1.82, 2.24) is 14.5 Å². The minimum atomic E-state index is -0.454. The molecule has 2 aromatic heterocycles. The van der Waals surface area contributed by atoms with Gasteiger partial charge in [0.2, 0.25) is 0 Å². The van der Waals surface area contributed by atoms with Crippen molar-refractivity contribution in [3.63, 3.8) is 0 Å². The zero-order valence-corrected chi connectivity index (χ0v) is 11.7. The van der Waals surface area contributed by atoms with Crippen molar-refractivity contribution in [3.05, 3.63) is 59.6 Å². The molecule has 22 heavy (non-hydrogen) atoms. The molecule has 0 amide bonds. The van der Waals surface area contributed by atoms with Gasteiger partial charge < -0.3 is 10.3 Å². The maximum Gasteiger partial charge on any atom is 0.177 e. The summed E-state index contributed by atoms with van der Waals surface area (Å²) in [7, 11) is 0. The molecule has 0 aliphatic carbocycles. The van der Waals surface area contributed by atoms with E-state index in [1.807, 2.05) is 16.7 Å². The molecule has 0 fully saturated rings. The average molecular weight is 300 g/mol. The lowest BCUT2D eigenvalue weighted by Gasteiger charge is -2.30. The fraction of sp³-hybridized carbons (Fsp3) is 0.250. The van der Waals surface area contributed by atoms with Crippen LogP contribution in [-0.2, 0) is 13.0 Å². The molecule has 1 aliphatic rings. The summed E-state index contributed by atoms with van der Waals surface area (Å²) in [5.41, 5.74) is 8.13. The van der Waals surface area contributed by atoms with Crippen molar-refractivity contribution in [1.29, 1.82) is 0 Å². The number of benzene rings is 1. The van der Waals surface area contributed by atoms with Gasteiger partial charge in [-0.05, 0) is 35.9 Å². The molecule has 3 aromatic rings. The normalized spacial score (nSPS) is 21.0. The van der Waals surface area contributed by atoms with Crippen LogP contribution in [0.4, 0.5) is 8.78 Å². The number of nitrogens with two attached hydrogens (primary N) is 1. The first-order valence-electron chi connectivity index (χ1n) is 7.14. The van der Waals surface area contributed by atoms with Crippen LogP contribution >= 0.6 is 0 Å². The minimum Gasteiger partial charge on any atom is -0.326 e. The van der Waals surface area contributed by atoms with Gasteiger partial charge in [0.25, 0.3) is 0 Å². The van der Waals surface area contributed by atoms with Crippen LogP contribution < -0.4 is 5.73 Å². The lowest BCUT2D eigenvalue weighted by Crippen LogP contribution is -2.39. The standard InChI is InChI=1S/C16H14F2N4/c17-9-3-4-12(18)10(6-9)11-7-15-21-16-14(2-1-5-20-16)22(15)8-13(11)19/h1-6,11,13H,7-8,19H2/t11-,13+/m1/s1. The Morgan fingerprint density at radius 2 is 2.09 bits per heavy atom. The van der Waals surface area contributed by atoms with Gasteiger partial charge in [-0.25, -0.2) is 18.7 Å². The summed E-state index contributed by atoms with van der Waals surface area (Å²) in [4.78, 5) is 8.73. The first-order valence-corrected chi connectivity index (χ1v) is 7.14. The Balaban J connectivity index is 1.80. The molecule has 1 aromatic carbocycles. The van der Waals surface area contributed by atoms with E-state index < -0.39 is 11.6 Å². The van der Waals surface area contributed by atoms with E-state index in [0.29, 0.717) is 24.2 Å². The Hall–Kier alpha value is -2.34. The Bertz CT molecular complexity index is 858. The summed E-state index contributed by atoms with van der Waals surface area (Å²) in [6.07, 6.45) is 2.16. The van der Waals surface area contributed by atoms with E-state index in [2.05, 4.69) is 9.97 Å². The summed E-state index contributed by atoms with van der Waals surface area (Å²) in [6, 6.07) is 6.98. The lowest BCUT2D eigenvalue weighted by molar-refractivity contribution is 0.395. The largest absolute Gasteiger partial charge is 0.326 e. The monoisotopic (exact) mass is 300 g/mol. The lowest BCUT2D eigenvalue weighted by atomic mass is 9.86.